The van der Waals surface area contributed by atoms with Crippen LogP contribution >= 0.6 is 0 Å². The third kappa shape index (κ3) is 3.24. The van der Waals surface area contributed by atoms with Gasteiger partial charge >= 0.3 is 0 Å². The average molecular weight is 154 g/mol. The molecule has 0 spiro atoms. The van der Waals surface area contributed by atoms with Gasteiger partial charge in [0.1, 0.15) is 0 Å². The zero-order valence-corrected chi connectivity index (χ0v) is 6.68. The van der Waals surface area contributed by atoms with Gasteiger partial charge in [0.05, 0.1) is 0 Å². The van der Waals surface area contributed by atoms with E-state index in [0.29, 0.717) is 0 Å². The quantitative estimate of drug-likeness (QED) is 0.371. The van der Waals surface area contributed by atoms with E-state index in [9.17, 15) is 0 Å². The Kier molecular flexibility index (Phi) is 3.77. The number of hydrogen-bond acceptors (Lipinski definition) is 3. The van der Waals surface area contributed by atoms with Gasteiger partial charge in [-0.25, -0.2) is 0 Å². The van der Waals surface area contributed by atoms with E-state index in [1.807, 2.05) is 6.19 Å². The zero-order valence-electron chi connectivity index (χ0n) is 6.68. The molecule has 3 heteroatoms. The first-order valence-corrected chi connectivity index (χ1v) is 4.13. The third-order valence-electron chi connectivity index (χ3n) is 2.02. The maximum Gasteiger partial charge on any atom is 0.176 e. The Morgan fingerprint density at radius 3 is 3.18 bits per heavy atom. The molecule has 1 saturated heterocycles. The number of nitrogens with zero attached hydrogens (tertiary/aromatic N) is 1. The SMILES string of the molecule is N#CNCCCC1CCOC1. The van der Waals surface area contributed by atoms with Crippen LogP contribution in [-0.2, 0) is 4.74 Å². The Balaban J connectivity index is 1.90. The first-order valence-electron chi connectivity index (χ1n) is 4.13. The minimum atomic E-state index is 0.746. The van der Waals surface area contributed by atoms with Crippen molar-refractivity contribution in [3.63, 3.8) is 0 Å². The molecule has 1 unspecified atom stereocenters. The van der Waals surface area contributed by atoms with Gasteiger partial charge in [-0.05, 0) is 25.2 Å². The lowest BCUT2D eigenvalue weighted by molar-refractivity contribution is 0.184. The summed E-state index contributed by atoms with van der Waals surface area (Å²) in [4.78, 5) is 0. The van der Waals surface area contributed by atoms with E-state index in [2.05, 4.69) is 5.32 Å². The molecule has 1 aliphatic rings. The van der Waals surface area contributed by atoms with E-state index in [1.54, 1.807) is 0 Å². The van der Waals surface area contributed by atoms with Crippen LogP contribution in [0.2, 0.25) is 0 Å². The van der Waals surface area contributed by atoms with E-state index in [0.717, 1.165) is 32.1 Å². The lowest BCUT2D eigenvalue weighted by Crippen LogP contribution is -2.09. The number of rotatable bonds is 4. The molecule has 1 N–H and O–H groups in total. The van der Waals surface area contributed by atoms with E-state index < -0.39 is 0 Å². The molecule has 1 fully saturated rings. The van der Waals surface area contributed by atoms with Crippen molar-refractivity contribution < 1.29 is 4.74 Å². The minimum absolute atomic E-state index is 0.746. The molecule has 1 aliphatic heterocycles. The predicted octanol–water partition coefficient (Wildman–Crippen LogP) is 0.874. The summed E-state index contributed by atoms with van der Waals surface area (Å²) in [6.45, 7) is 2.66. The summed E-state index contributed by atoms with van der Waals surface area (Å²) < 4.78 is 5.23. The molecule has 11 heavy (non-hydrogen) atoms. The van der Waals surface area contributed by atoms with Gasteiger partial charge in [0.2, 0.25) is 0 Å². The van der Waals surface area contributed by atoms with Crippen molar-refractivity contribution >= 4 is 0 Å². The zero-order chi connectivity index (χ0) is 7.94. The van der Waals surface area contributed by atoms with Gasteiger partial charge < -0.3 is 10.1 Å². The molecule has 0 aromatic heterocycles. The van der Waals surface area contributed by atoms with Crippen molar-refractivity contribution in [3.05, 3.63) is 0 Å². The second-order valence-corrected chi connectivity index (χ2v) is 2.91. The van der Waals surface area contributed by atoms with Crippen LogP contribution in [0.3, 0.4) is 0 Å². The molecule has 0 radical (unpaired) electrons. The Labute approximate surface area is 67.3 Å². The van der Waals surface area contributed by atoms with Gasteiger partial charge in [0.15, 0.2) is 6.19 Å². The maximum atomic E-state index is 8.17. The van der Waals surface area contributed by atoms with Crippen molar-refractivity contribution in [3.8, 4) is 6.19 Å². The van der Waals surface area contributed by atoms with E-state index >= 15 is 0 Å². The van der Waals surface area contributed by atoms with Gasteiger partial charge in [0, 0.05) is 19.8 Å². The van der Waals surface area contributed by atoms with E-state index in [4.69, 9.17) is 10.00 Å². The average Bonchev–Trinajstić information content (AvgIpc) is 2.50. The molecular weight excluding hydrogens is 140 g/mol. The van der Waals surface area contributed by atoms with E-state index in [-0.39, 0.29) is 0 Å². The first kappa shape index (κ1) is 8.35. The highest BCUT2D eigenvalue weighted by atomic mass is 16.5. The van der Waals surface area contributed by atoms with Crippen LogP contribution in [0.4, 0.5) is 0 Å². The van der Waals surface area contributed by atoms with Crippen molar-refractivity contribution in [2.45, 2.75) is 19.3 Å². The molecule has 1 rings (SSSR count). The molecule has 0 saturated carbocycles. The fraction of sp³-hybridized carbons (Fsp3) is 0.875. The predicted molar refractivity (Wildman–Crippen MR) is 41.8 cm³/mol. The molecule has 0 aromatic carbocycles. The second kappa shape index (κ2) is 4.97. The molecule has 1 atom stereocenters. The van der Waals surface area contributed by atoms with Crippen LogP contribution in [0.25, 0.3) is 0 Å². The van der Waals surface area contributed by atoms with E-state index in [1.165, 1.54) is 12.8 Å². The lowest BCUT2D eigenvalue weighted by Gasteiger charge is -2.04. The third-order valence-corrected chi connectivity index (χ3v) is 2.02. The number of nitriles is 1. The van der Waals surface area contributed by atoms with Crippen molar-refractivity contribution in [1.82, 2.24) is 5.32 Å². The fourth-order valence-corrected chi connectivity index (χ4v) is 1.35. The summed E-state index contributed by atoms with van der Waals surface area (Å²) in [7, 11) is 0. The van der Waals surface area contributed by atoms with Gasteiger partial charge in [0.25, 0.3) is 0 Å². The number of nitrogens with one attached hydrogen (secondary N) is 1. The molecular formula is C8H14N2O. The number of ether oxygens (including phenoxy) is 1. The Hall–Kier alpha value is -0.750. The molecule has 0 aromatic rings. The minimum Gasteiger partial charge on any atom is -0.381 e. The van der Waals surface area contributed by atoms with Crippen LogP contribution in [0, 0.1) is 17.4 Å². The van der Waals surface area contributed by atoms with Gasteiger partial charge in [-0.3, -0.25) is 0 Å². The largest absolute Gasteiger partial charge is 0.381 e. The molecule has 0 amide bonds. The Morgan fingerprint density at radius 1 is 1.64 bits per heavy atom. The Bertz CT molecular complexity index is 136. The highest BCUT2D eigenvalue weighted by Gasteiger charge is 2.14. The summed E-state index contributed by atoms with van der Waals surface area (Å²) in [5.41, 5.74) is 0. The summed E-state index contributed by atoms with van der Waals surface area (Å²) in [6, 6.07) is 0. The highest BCUT2D eigenvalue weighted by molar-refractivity contribution is 4.68. The molecule has 0 aliphatic carbocycles. The first-order chi connectivity index (χ1) is 5.43. The molecule has 1 heterocycles. The summed E-state index contributed by atoms with van der Waals surface area (Å²) >= 11 is 0. The van der Waals surface area contributed by atoms with Crippen LogP contribution in [0.15, 0.2) is 0 Å². The topological polar surface area (TPSA) is 45.0 Å². The monoisotopic (exact) mass is 154 g/mol. The van der Waals surface area contributed by atoms with Crippen LogP contribution in [0.1, 0.15) is 19.3 Å². The highest BCUT2D eigenvalue weighted by Crippen LogP contribution is 2.17. The van der Waals surface area contributed by atoms with Crippen molar-refractivity contribution in [2.75, 3.05) is 19.8 Å². The normalized spacial score (nSPS) is 23.0. The van der Waals surface area contributed by atoms with Crippen molar-refractivity contribution in [1.29, 1.82) is 5.26 Å². The van der Waals surface area contributed by atoms with Crippen molar-refractivity contribution in [2.24, 2.45) is 5.92 Å². The summed E-state index contributed by atoms with van der Waals surface area (Å²) in [5.74, 6) is 0.746. The number of hydrogen-bond donors (Lipinski definition) is 1. The van der Waals surface area contributed by atoms with Gasteiger partial charge in [-0.15, -0.1) is 0 Å². The molecule has 3 nitrogen and oxygen atoms in total. The van der Waals surface area contributed by atoms with Crippen LogP contribution < -0.4 is 5.32 Å². The van der Waals surface area contributed by atoms with Gasteiger partial charge in [-0.1, -0.05) is 0 Å². The Morgan fingerprint density at radius 2 is 2.55 bits per heavy atom. The van der Waals surface area contributed by atoms with Crippen LogP contribution in [-0.4, -0.2) is 19.8 Å². The van der Waals surface area contributed by atoms with Crippen LogP contribution in [0.5, 0.6) is 0 Å². The second-order valence-electron chi connectivity index (χ2n) is 2.91. The summed E-state index contributed by atoms with van der Waals surface area (Å²) in [5, 5.41) is 10.8. The van der Waals surface area contributed by atoms with Gasteiger partial charge in [-0.2, -0.15) is 5.26 Å². The fourth-order valence-electron chi connectivity index (χ4n) is 1.35. The smallest absolute Gasteiger partial charge is 0.176 e. The summed E-state index contributed by atoms with van der Waals surface area (Å²) in [6.07, 6.45) is 5.39. The maximum absolute atomic E-state index is 8.17. The standard InChI is InChI=1S/C8H14N2O/c9-7-10-4-1-2-8-3-5-11-6-8/h8,10H,1-6H2. The lowest BCUT2D eigenvalue weighted by atomic mass is 10.0. The molecule has 0 bridgehead atoms. The molecule has 62 valence electrons.